The quantitative estimate of drug-likeness (QED) is 0.627. The maximum absolute atomic E-state index is 13.4. The highest BCUT2D eigenvalue weighted by Gasteiger charge is 2.30. The zero-order chi connectivity index (χ0) is 25.6. The van der Waals surface area contributed by atoms with Gasteiger partial charge in [-0.1, -0.05) is 26.2 Å². The lowest BCUT2D eigenvalue weighted by atomic mass is 9.88. The van der Waals surface area contributed by atoms with Crippen LogP contribution in [0.4, 0.5) is 5.69 Å². The van der Waals surface area contributed by atoms with Gasteiger partial charge in [0.05, 0.1) is 17.4 Å². The van der Waals surface area contributed by atoms with Gasteiger partial charge in [-0.05, 0) is 56.7 Å². The van der Waals surface area contributed by atoms with Crippen LogP contribution in [0.25, 0.3) is 0 Å². The maximum Gasteiger partial charge on any atom is 0.257 e. The number of hydrogen-bond donors (Lipinski definition) is 1. The molecule has 0 bridgehead atoms. The molecule has 1 aromatic rings. The first-order valence-corrected chi connectivity index (χ1v) is 14.6. The van der Waals surface area contributed by atoms with Crippen LogP contribution in [0, 0.1) is 11.8 Å². The summed E-state index contributed by atoms with van der Waals surface area (Å²) in [6, 6.07) is 5.07. The Morgan fingerprint density at radius 1 is 1.14 bits per heavy atom. The number of benzene rings is 1. The number of methoxy groups -OCH3 is 1. The average Bonchev–Trinajstić information content (AvgIpc) is 2.85. The molecule has 0 unspecified atom stereocenters. The van der Waals surface area contributed by atoms with E-state index in [0.29, 0.717) is 36.1 Å². The highest BCUT2D eigenvalue weighted by Crippen LogP contribution is 2.29. The highest BCUT2D eigenvalue weighted by atomic mass is 32.2. The normalized spacial score (nSPS) is 25.8. The van der Waals surface area contributed by atoms with Gasteiger partial charge in [0.25, 0.3) is 5.91 Å². The van der Waals surface area contributed by atoms with E-state index in [-0.39, 0.29) is 29.7 Å². The van der Waals surface area contributed by atoms with Crippen molar-refractivity contribution < 1.29 is 22.7 Å². The number of amides is 1. The first kappa shape index (κ1) is 27.7. The lowest BCUT2D eigenvalue weighted by Crippen LogP contribution is -2.48. The van der Waals surface area contributed by atoms with E-state index < -0.39 is 10.0 Å². The lowest BCUT2D eigenvalue weighted by molar-refractivity contribution is 0.00690. The molecule has 0 saturated heterocycles. The van der Waals surface area contributed by atoms with E-state index in [9.17, 15) is 13.2 Å². The van der Waals surface area contributed by atoms with Crippen molar-refractivity contribution in [2.45, 2.75) is 65.0 Å². The summed E-state index contributed by atoms with van der Waals surface area (Å²) in [5.74, 6) is 1.13. The van der Waals surface area contributed by atoms with Gasteiger partial charge < -0.3 is 14.4 Å². The summed E-state index contributed by atoms with van der Waals surface area (Å²) < 4.78 is 38.8. The fraction of sp³-hybridized carbons (Fsp3) is 0.731. The third kappa shape index (κ3) is 7.57. The summed E-state index contributed by atoms with van der Waals surface area (Å²) in [5, 5.41) is 0. The van der Waals surface area contributed by atoms with Crippen LogP contribution in [-0.4, -0.2) is 82.4 Å². The molecule has 3 atom stereocenters. The van der Waals surface area contributed by atoms with Crippen molar-refractivity contribution in [1.29, 1.82) is 0 Å². The number of carbonyl (C=O) groups is 1. The fourth-order valence-corrected chi connectivity index (χ4v) is 5.75. The summed E-state index contributed by atoms with van der Waals surface area (Å²) in [4.78, 5) is 17.6. The second-order valence-corrected chi connectivity index (χ2v) is 12.3. The number of hydrogen-bond acceptors (Lipinski definition) is 6. The van der Waals surface area contributed by atoms with Gasteiger partial charge in [0.2, 0.25) is 10.0 Å². The van der Waals surface area contributed by atoms with Crippen molar-refractivity contribution in [2.24, 2.45) is 11.8 Å². The van der Waals surface area contributed by atoms with Crippen molar-refractivity contribution in [2.75, 3.05) is 50.9 Å². The Hall–Kier alpha value is -1.84. The number of nitrogens with zero attached hydrogens (tertiary/aromatic N) is 2. The van der Waals surface area contributed by atoms with Crippen LogP contribution in [0.1, 0.15) is 63.2 Å². The molecule has 1 aromatic carbocycles. The topological polar surface area (TPSA) is 88.2 Å². The molecule has 198 valence electrons. The van der Waals surface area contributed by atoms with Gasteiger partial charge >= 0.3 is 0 Å². The van der Waals surface area contributed by atoms with Crippen molar-refractivity contribution in [3.63, 3.8) is 0 Å². The minimum Gasteiger partial charge on any atom is -0.491 e. The minimum absolute atomic E-state index is 0.0455. The zero-order valence-electron chi connectivity index (χ0n) is 22.0. The minimum atomic E-state index is -3.46. The lowest BCUT2D eigenvalue weighted by Gasteiger charge is -2.38. The van der Waals surface area contributed by atoms with Crippen molar-refractivity contribution in [1.82, 2.24) is 9.80 Å². The molecule has 8 nitrogen and oxygen atoms in total. The molecule has 35 heavy (non-hydrogen) atoms. The molecule has 0 aromatic heterocycles. The van der Waals surface area contributed by atoms with Gasteiger partial charge in [-0.3, -0.25) is 14.4 Å². The van der Waals surface area contributed by atoms with Crippen molar-refractivity contribution in [3.05, 3.63) is 23.8 Å². The number of rotatable bonds is 6. The summed E-state index contributed by atoms with van der Waals surface area (Å²) in [6.45, 7) is 8.75. The predicted molar refractivity (Wildman–Crippen MR) is 140 cm³/mol. The smallest absolute Gasteiger partial charge is 0.257 e. The third-order valence-electron chi connectivity index (χ3n) is 7.44. The zero-order valence-corrected chi connectivity index (χ0v) is 22.8. The van der Waals surface area contributed by atoms with E-state index in [4.69, 9.17) is 9.47 Å². The van der Waals surface area contributed by atoms with Crippen molar-refractivity contribution >= 4 is 21.6 Å². The van der Waals surface area contributed by atoms with Gasteiger partial charge in [0, 0.05) is 45.5 Å². The molecular formula is C26H43N3O5S. The largest absolute Gasteiger partial charge is 0.491 e. The number of fused-ring (bicyclic) bond motifs is 1. The fourth-order valence-electron chi connectivity index (χ4n) is 5.12. The number of anilines is 1. The van der Waals surface area contributed by atoms with Crippen LogP contribution in [-0.2, 0) is 14.8 Å². The SMILES string of the molecule is CCS(=O)(=O)Nc1ccc2c(c1)C(=O)N(C)C[C@H](OC)[C@@H](C)CN(CC1CCCCC1)[C@H](C)CO2. The summed E-state index contributed by atoms with van der Waals surface area (Å²) >= 11 is 0. The van der Waals surface area contributed by atoms with E-state index in [1.165, 1.54) is 32.1 Å². The number of ether oxygens (including phenoxy) is 2. The Bertz CT molecular complexity index is 948. The molecular weight excluding hydrogens is 466 g/mol. The summed E-state index contributed by atoms with van der Waals surface area (Å²) in [7, 11) is -0.00754. The van der Waals surface area contributed by atoms with Crippen LogP contribution in [0.2, 0.25) is 0 Å². The molecule has 1 aliphatic carbocycles. The van der Waals surface area contributed by atoms with E-state index in [0.717, 1.165) is 13.1 Å². The van der Waals surface area contributed by atoms with E-state index in [1.54, 1.807) is 44.2 Å². The number of carbonyl (C=O) groups excluding carboxylic acids is 1. The molecule has 1 saturated carbocycles. The Morgan fingerprint density at radius 3 is 2.51 bits per heavy atom. The summed E-state index contributed by atoms with van der Waals surface area (Å²) in [5.41, 5.74) is 0.699. The van der Waals surface area contributed by atoms with Gasteiger partial charge in [-0.25, -0.2) is 8.42 Å². The number of likely N-dealkylation sites (N-methyl/N-ethyl adjacent to an activating group) is 1. The Labute approximate surface area is 211 Å². The van der Waals surface area contributed by atoms with Crippen LogP contribution in [0.3, 0.4) is 0 Å². The van der Waals surface area contributed by atoms with Crippen LogP contribution in [0.15, 0.2) is 18.2 Å². The highest BCUT2D eigenvalue weighted by molar-refractivity contribution is 7.92. The molecule has 1 fully saturated rings. The Morgan fingerprint density at radius 2 is 1.86 bits per heavy atom. The second kappa shape index (κ2) is 12.4. The maximum atomic E-state index is 13.4. The number of nitrogens with one attached hydrogen (secondary N) is 1. The molecule has 1 amide bonds. The van der Waals surface area contributed by atoms with Gasteiger partial charge in [-0.15, -0.1) is 0 Å². The van der Waals surface area contributed by atoms with Crippen LogP contribution >= 0.6 is 0 Å². The standard InChI is InChI=1S/C26H43N3O5S/c1-6-35(31,32)27-22-12-13-24-23(14-22)26(30)28(4)17-25(33-5)19(2)15-29(20(3)18-34-24)16-21-10-8-7-9-11-21/h12-14,19-21,25,27H,6-11,15-18H2,1-5H3/t19-,20+,25-/m0/s1. The third-order valence-corrected chi connectivity index (χ3v) is 8.75. The van der Waals surface area contributed by atoms with Gasteiger partial charge in [-0.2, -0.15) is 0 Å². The monoisotopic (exact) mass is 509 g/mol. The van der Waals surface area contributed by atoms with E-state index in [1.807, 2.05) is 0 Å². The molecule has 0 radical (unpaired) electrons. The van der Waals surface area contributed by atoms with Crippen LogP contribution < -0.4 is 9.46 Å². The molecule has 1 heterocycles. The van der Waals surface area contributed by atoms with Crippen molar-refractivity contribution in [3.8, 4) is 5.75 Å². The van der Waals surface area contributed by atoms with Gasteiger partial charge in [0.15, 0.2) is 0 Å². The molecule has 2 aliphatic rings. The van der Waals surface area contributed by atoms with E-state index >= 15 is 0 Å². The molecule has 1 aliphatic heterocycles. The second-order valence-electron chi connectivity index (χ2n) is 10.3. The Balaban J connectivity index is 1.91. The molecule has 1 N–H and O–H groups in total. The molecule has 0 spiro atoms. The Kier molecular flexibility index (Phi) is 9.84. The van der Waals surface area contributed by atoms with Crippen LogP contribution in [0.5, 0.6) is 5.75 Å². The summed E-state index contributed by atoms with van der Waals surface area (Å²) in [6.07, 6.45) is 6.40. The first-order valence-electron chi connectivity index (χ1n) is 12.9. The first-order chi connectivity index (χ1) is 16.6. The average molecular weight is 510 g/mol. The van der Waals surface area contributed by atoms with Gasteiger partial charge in [0.1, 0.15) is 12.4 Å². The molecule has 3 rings (SSSR count). The molecule has 9 heteroatoms. The predicted octanol–water partition coefficient (Wildman–Crippen LogP) is 3.83. The van der Waals surface area contributed by atoms with E-state index in [2.05, 4.69) is 23.5 Å². The number of sulfonamides is 1.